The fraction of sp³-hybridized carbons (Fsp3) is 0.250. The maximum Gasteiger partial charge on any atom is 0.131 e. The minimum Gasteiger partial charge on any atom is -0.496 e. The Morgan fingerprint density at radius 3 is 1.23 bits per heavy atom. The molecule has 0 saturated heterocycles. The number of fused-ring (bicyclic) bond motifs is 6. The van der Waals surface area contributed by atoms with Crippen LogP contribution in [-0.2, 0) is 12.8 Å². The van der Waals surface area contributed by atoms with E-state index in [2.05, 4.69) is 62.4 Å². The van der Waals surface area contributed by atoms with Crippen LogP contribution in [0.25, 0.3) is 32.3 Å². The molecule has 4 aromatic carbocycles. The Kier molecular flexibility index (Phi) is 4.20. The van der Waals surface area contributed by atoms with Gasteiger partial charge in [-0.3, -0.25) is 0 Å². The van der Waals surface area contributed by atoms with Crippen LogP contribution in [0.15, 0.2) is 48.5 Å². The molecule has 0 fully saturated rings. The van der Waals surface area contributed by atoms with Gasteiger partial charge in [0.05, 0.1) is 14.2 Å². The van der Waals surface area contributed by atoms with Gasteiger partial charge in [0.25, 0.3) is 0 Å². The van der Waals surface area contributed by atoms with E-state index in [0.717, 1.165) is 35.1 Å². The summed E-state index contributed by atoms with van der Waals surface area (Å²) in [6, 6.07) is 17.2. The van der Waals surface area contributed by atoms with E-state index >= 15 is 0 Å². The van der Waals surface area contributed by atoms with E-state index in [9.17, 15) is 0 Å². The summed E-state index contributed by atoms with van der Waals surface area (Å²) in [6.45, 7) is 4.37. The molecule has 0 aliphatic heterocycles. The molecule has 0 bridgehead atoms. The van der Waals surface area contributed by atoms with Crippen molar-refractivity contribution in [3.05, 3.63) is 59.7 Å². The third-order valence-electron chi connectivity index (χ3n) is 5.41. The molecule has 0 heterocycles. The summed E-state index contributed by atoms with van der Waals surface area (Å²) in [6.07, 6.45) is 1.83. The minimum atomic E-state index is 0.916. The number of rotatable bonds is 4. The predicted molar refractivity (Wildman–Crippen MR) is 111 cm³/mol. The molecule has 4 rings (SSSR count). The van der Waals surface area contributed by atoms with Gasteiger partial charge in [-0.05, 0) is 34.4 Å². The molecule has 0 aromatic heterocycles. The van der Waals surface area contributed by atoms with Crippen molar-refractivity contribution in [2.45, 2.75) is 26.7 Å². The molecule has 0 unspecified atom stereocenters. The Hall–Kier alpha value is -2.74. The SMILES string of the molecule is CCc1c(CC)c(OC)c2c3ccccc3c3ccccc3c2c1OC. The second-order valence-electron chi connectivity index (χ2n) is 6.57. The lowest BCUT2D eigenvalue weighted by molar-refractivity contribution is 0.403. The molecule has 0 amide bonds. The minimum absolute atomic E-state index is 0.916. The second-order valence-corrected chi connectivity index (χ2v) is 6.57. The van der Waals surface area contributed by atoms with Crippen LogP contribution >= 0.6 is 0 Å². The Morgan fingerprint density at radius 1 is 0.577 bits per heavy atom. The highest BCUT2D eigenvalue weighted by Gasteiger charge is 2.22. The molecule has 132 valence electrons. The van der Waals surface area contributed by atoms with Crippen LogP contribution in [0.1, 0.15) is 25.0 Å². The molecule has 4 aromatic rings. The quantitative estimate of drug-likeness (QED) is 0.405. The van der Waals surface area contributed by atoms with Gasteiger partial charge in [0, 0.05) is 21.9 Å². The second kappa shape index (κ2) is 6.53. The summed E-state index contributed by atoms with van der Waals surface area (Å²) in [5.74, 6) is 1.98. The maximum atomic E-state index is 5.99. The number of hydrogen-bond donors (Lipinski definition) is 0. The first-order chi connectivity index (χ1) is 12.8. The van der Waals surface area contributed by atoms with Crippen molar-refractivity contribution < 1.29 is 9.47 Å². The summed E-state index contributed by atoms with van der Waals surface area (Å²) < 4.78 is 12.0. The van der Waals surface area contributed by atoms with Gasteiger partial charge >= 0.3 is 0 Å². The zero-order valence-corrected chi connectivity index (χ0v) is 15.8. The highest BCUT2D eigenvalue weighted by molar-refractivity contribution is 6.28. The van der Waals surface area contributed by atoms with Crippen LogP contribution in [0.5, 0.6) is 11.5 Å². The van der Waals surface area contributed by atoms with E-state index in [1.54, 1.807) is 14.2 Å². The van der Waals surface area contributed by atoms with Gasteiger partial charge in [-0.25, -0.2) is 0 Å². The molecule has 0 radical (unpaired) electrons. The first-order valence-corrected chi connectivity index (χ1v) is 9.25. The smallest absolute Gasteiger partial charge is 0.131 e. The fourth-order valence-electron chi connectivity index (χ4n) is 4.39. The van der Waals surface area contributed by atoms with Crippen LogP contribution in [0.2, 0.25) is 0 Å². The standard InChI is InChI=1S/C24H24O2/c1-5-15-16(6-2)24(26-4)22-20-14-10-8-12-18(20)17-11-7-9-13-19(17)21(22)23(15)25-3/h7-14H,5-6H2,1-4H3. The highest BCUT2D eigenvalue weighted by Crippen LogP contribution is 2.48. The van der Waals surface area contributed by atoms with E-state index in [0.29, 0.717) is 0 Å². The number of ether oxygens (including phenoxy) is 2. The monoisotopic (exact) mass is 344 g/mol. The molecule has 0 N–H and O–H groups in total. The van der Waals surface area contributed by atoms with Crippen molar-refractivity contribution in [1.29, 1.82) is 0 Å². The average Bonchev–Trinajstić information content (AvgIpc) is 2.71. The molecule has 0 saturated carbocycles. The maximum absolute atomic E-state index is 5.99. The fourth-order valence-corrected chi connectivity index (χ4v) is 4.39. The van der Waals surface area contributed by atoms with Crippen LogP contribution in [0, 0.1) is 0 Å². The van der Waals surface area contributed by atoms with Crippen LogP contribution in [0.3, 0.4) is 0 Å². The van der Waals surface area contributed by atoms with Crippen LogP contribution < -0.4 is 9.47 Å². The van der Waals surface area contributed by atoms with Gasteiger partial charge in [0.15, 0.2) is 0 Å². The van der Waals surface area contributed by atoms with E-state index in [-0.39, 0.29) is 0 Å². The Balaban J connectivity index is 2.44. The topological polar surface area (TPSA) is 18.5 Å². The Labute approximate surface area is 154 Å². The van der Waals surface area contributed by atoms with Crippen LogP contribution in [0.4, 0.5) is 0 Å². The number of hydrogen-bond acceptors (Lipinski definition) is 2. The summed E-state index contributed by atoms with van der Waals surface area (Å²) in [4.78, 5) is 0. The molecular weight excluding hydrogens is 320 g/mol. The molecule has 0 spiro atoms. The normalized spacial score (nSPS) is 11.4. The molecule has 26 heavy (non-hydrogen) atoms. The van der Waals surface area contributed by atoms with Crippen molar-refractivity contribution in [3.63, 3.8) is 0 Å². The summed E-state index contributed by atoms with van der Waals surface area (Å²) in [7, 11) is 3.56. The number of methoxy groups -OCH3 is 2. The van der Waals surface area contributed by atoms with Gasteiger partial charge in [-0.15, -0.1) is 0 Å². The molecular formula is C24H24O2. The largest absolute Gasteiger partial charge is 0.496 e. The van der Waals surface area contributed by atoms with E-state index < -0.39 is 0 Å². The summed E-state index contributed by atoms with van der Waals surface area (Å²) in [5.41, 5.74) is 2.50. The molecule has 0 aliphatic rings. The van der Waals surface area contributed by atoms with Crippen molar-refractivity contribution >= 4 is 32.3 Å². The van der Waals surface area contributed by atoms with Gasteiger partial charge in [0.1, 0.15) is 11.5 Å². The van der Waals surface area contributed by atoms with E-state index in [4.69, 9.17) is 9.47 Å². The van der Waals surface area contributed by atoms with Gasteiger partial charge < -0.3 is 9.47 Å². The average molecular weight is 344 g/mol. The first kappa shape index (κ1) is 16.7. The lowest BCUT2D eigenvalue weighted by atomic mass is 9.88. The van der Waals surface area contributed by atoms with Gasteiger partial charge in [-0.2, -0.15) is 0 Å². The Bertz CT molecular complexity index is 1040. The van der Waals surface area contributed by atoms with E-state index in [1.807, 2.05) is 0 Å². The molecule has 0 atom stereocenters. The van der Waals surface area contributed by atoms with Gasteiger partial charge in [-0.1, -0.05) is 62.4 Å². The van der Waals surface area contributed by atoms with E-state index in [1.165, 1.54) is 32.7 Å². The zero-order valence-electron chi connectivity index (χ0n) is 15.8. The van der Waals surface area contributed by atoms with Gasteiger partial charge in [0.2, 0.25) is 0 Å². The zero-order chi connectivity index (χ0) is 18.3. The molecule has 2 heteroatoms. The molecule has 0 aliphatic carbocycles. The van der Waals surface area contributed by atoms with Crippen molar-refractivity contribution in [2.75, 3.05) is 14.2 Å². The first-order valence-electron chi connectivity index (χ1n) is 9.25. The third-order valence-corrected chi connectivity index (χ3v) is 5.41. The predicted octanol–water partition coefficient (Wildman–Crippen LogP) is 6.29. The van der Waals surface area contributed by atoms with Crippen molar-refractivity contribution in [3.8, 4) is 11.5 Å². The van der Waals surface area contributed by atoms with Crippen LogP contribution in [-0.4, -0.2) is 14.2 Å². The highest BCUT2D eigenvalue weighted by atomic mass is 16.5. The molecule has 2 nitrogen and oxygen atoms in total. The Morgan fingerprint density at radius 2 is 0.923 bits per heavy atom. The third kappa shape index (κ3) is 2.18. The summed E-state index contributed by atoms with van der Waals surface area (Å²) in [5, 5.41) is 7.26. The lowest BCUT2D eigenvalue weighted by Crippen LogP contribution is -2.03. The lowest BCUT2D eigenvalue weighted by Gasteiger charge is -2.22. The van der Waals surface area contributed by atoms with Crippen molar-refractivity contribution in [1.82, 2.24) is 0 Å². The number of benzene rings is 4. The summed E-state index contributed by atoms with van der Waals surface area (Å²) >= 11 is 0. The van der Waals surface area contributed by atoms with Crippen molar-refractivity contribution in [2.24, 2.45) is 0 Å².